The molecule has 20 heavy (non-hydrogen) atoms. The van der Waals surface area contributed by atoms with E-state index >= 15 is 0 Å². The van der Waals surface area contributed by atoms with Crippen LogP contribution in [0.5, 0.6) is 0 Å². The summed E-state index contributed by atoms with van der Waals surface area (Å²) in [6.07, 6.45) is 2.52. The third kappa shape index (κ3) is 2.93. The monoisotopic (exact) mass is 282 g/mol. The van der Waals surface area contributed by atoms with Gasteiger partial charge in [0.05, 0.1) is 4.92 Å². The van der Waals surface area contributed by atoms with Gasteiger partial charge in [-0.05, 0) is 25.0 Å². The van der Waals surface area contributed by atoms with E-state index in [1.807, 2.05) is 0 Å². The van der Waals surface area contributed by atoms with Crippen molar-refractivity contribution in [1.82, 2.24) is 5.32 Å². The highest BCUT2D eigenvalue weighted by Crippen LogP contribution is 2.26. The molecule has 6 nitrogen and oxygen atoms in total. The first kappa shape index (κ1) is 14.4. The van der Waals surface area contributed by atoms with E-state index in [0.717, 1.165) is 31.4 Å². The summed E-state index contributed by atoms with van der Waals surface area (Å²) >= 11 is 0. The maximum atomic E-state index is 13.2. The van der Waals surface area contributed by atoms with Gasteiger partial charge in [0.25, 0.3) is 5.91 Å². The molecule has 0 bridgehead atoms. The van der Waals surface area contributed by atoms with Crippen LogP contribution in [0.2, 0.25) is 0 Å². The number of rotatable bonds is 4. The lowest BCUT2D eigenvalue weighted by molar-refractivity contribution is -0.387. The largest absolute Gasteiger partial charge is 0.396 e. The van der Waals surface area contributed by atoms with Gasteiger partial charge in [0, 0.05) is 30.2 Å². The third-order valence-electron chi connectivity index (χ3n) is 3.62. The molecule has 0 aliphatic heterocycles. The Morgan fingerprint density at radius 2 is 2.25 bits per heavy atom. The highest BCUT2D eigenvalue weighted by Gasteiger charge is 2.28. The molecule has 0 aromatic heterocycles. The van der Waals surface area contributed by atoms with Crippen LogP contribution in [0, 0.1) is 21.8 Å². The number of nitrogens with zero attached hydrogens (tertiary/aromatic N) is 1. The van der Waals surface area contributed by atoms with E-state index in [9.17, 15) is 24.4 Å². The lowest BCUT2D eigenvalue weighted by atomic mass is 10.0. The van der Waals surface area contributed by atoms with Crippen LogP contribution in [0.25, 0.3) is 0 Å². The van der Waals surface area contributed by atoms with Gasteiger partial charge >= 0.3 is 5.69 Å². The molecule has 1 fully saturated rings. The SMILES string of the molecule is O=C(NC1CCCC1CO)c1ccc(F)c([N+](=O)[O-])c1. The molecule has 1 aliphatic rings. The number of aliphatic hydroxyl groups is 1. The normalized spacial score (nSPS) is 21.7. The quantitative estimate of drug-likeness (QED) is 0.648. The predicted octanol–water partition coefficient (Wildman–Crippen LogP) is 1.62. The molecular formula is C13H15FN2O4. The number of hydrogen-bond donors (Lipinski definition) is 2. The molecule has 2 N–H and O–H groups in total. The molecule has 108 valence electrons. The van der Waals surface area contributed by atoms with Gasteiger partial charge in [-0.15, -0.1) is 0 Å². The number of carbonyl (C=O) groups is 1. The fourth-order valence-electron chi connectivity index (χ4n) is 2.49. The van der Waals surface area contributed by atoms with Gasteiger partial charge in [-0.25, -0.2) is 0 Å². The number of benzene rings is 1. The van der Waals surface area contributed by atoms with E-state index in [4.69, 9.17) is 0 Å². The van der Waals surface area contributed by atoms with Crippen molar-refractivity contribution in [2.75, 3.05) is 6.61 Å². The van der Waals surface area contributed by atoms with Crippen molar-refractivity contribution in [2.45, 2.75) is 25.3 Å². The van der Waals surface area contributed by atoms with E-state index in [2.05, 4.69) is 5.32 Å². The molecule has 1 saturated carbocycles. The van der Waals surface area contributed by atoms with Gasteiger partial charge in [-0.2, -0.15) is 4.39 Å². The summed E-state index contributed by atoms with van der Waals surface area (Å²) in [4.78, 5) is 21.8. The number of halogens is 1. The fourth-order valence-corrected chi connectivity index (χ4v) is 2.49. The summed E-state index contributed by atoms with van der Waals surface area (Å²) in [5, 5.41) is 22.6. The molecule has 0 heterocycles. The standard InChI is InChI=1S/C13H15FN2O4/c14-10-5-4-8(6-12(10)16(19)20)13(18)15-11-3-1-2-9(11)7-17/h4-6,9,11,17H,1-3,7H2,(H,15,18). The average Bonchev–Trinajstić information content (AvgIpc) is 2.86. The van der Waals surface area contributed by atoms with Crippen molar-refractivity contribution in [1.29, 1.82) is 0 Å². The molecule has 1 aromatic rings. The van der Waals surface area contributed by atoms with Crippen LogP contribution in [0.1, 0.15) is 29.6 Å². The second kappa shape index (κ2) is 5.96. The summed E-state index contributed by atoms with van der Waals surface area (Å²) in [7, 11) is 0. The van der Waals surface area contributed by atoms with Gasteiger partial charge < -0.3 is 10.4 Å². The minimum Gasteiger partial charge on any atom is -0.396 e. The lowest BCUT2D eigenvalue weighted by Gasteiger charge is -2.18. The fraction of sp³-hybridized carbons (Fsp3) is 0.462. The maximum Gasteiger partial charge on any atom is 0.305 e. The minimum atomic E-state index is -0.972. The van der Waals surface area contributed by atoms with Crippen molar-refractivity contribution in [3.05, 3.63) is 39.7 Å². The van der Waals surface area contributed by atoms with E-state index < -0.39 is 22.3 Å². The van der Waals surface area contributed by atoms with Crippen LogP contribution in [0.15, 0.2) is 18.2 Å². The molecule has 1 amide bonds. The molecular weight excluding hydrogens is 267 g/mol. The number of nitro benzene ring substituents is 1. The Morgan fingerprint density at radius 3 is 2.90 bits per heavy atom. The Labute approximate surface area is 114 Å². The van der Waals surface area contributed by atoms with Crippen molar-refractivity contribution in [3.63, 3.8) is 0 Å². The Balaban J connectivity index is 2.13. The van der Waals surface area contributed by atoms with E-state index in [0.29, 0.717) is 0 Å². The van der Waals surface area contributed by atoms with Gasteiger partial charge in [-0.3, -0.25) is 14.9 Å². The number of carbonyl (C=O) groups excluding carboxylic acids is 1. The highest BCUT2D eigenvalue weighted by molar-refractivity contribution is 5.95. The van der Waals surface area contributed by atoms with Crippen LogP contribution in [0.4, 0.5) is 10.1 Å². The van der Waals surface area contributed by atoms with Crippen LogP contribution >= 0.6 is 0 Å². The van der Waals surface area contributed by atoms with E-state index in [1.165, 1.54) is 6.07 Å². The van der Waals surface area contributed by atoms with E-state index in [-0.39, 0.29) is 24.1 Å². The molecule has 7 heteroatoms. The van der Waals surface area contributed by atoms with Crippen molar-refractivity contribution in [2.24, 2.45) is 5.92 Å². The summed E-state index contributed by atoms with van der Waals surface area (Å²) in [5.74, 6) is -1.45. The number of aliphatic hydroxyl groups excluding tert-OH is 1. The van der Waals surface area contributed by atoms with Crippen LogP contribution in [-0.4, -0.2) is 28.6 Å². The second-order valence-electron chi connectivity index (χ2n) is 4.88. The number of hydrogen-bond acceptors (Lipinski definition) is 4. The summed E-state index contributed by atoms with van der Waals surface area (Å²) in [6, 6.07) is 2.90. The molecule has 2 unspecified atom stereocenters. The van der Waals surface area contributed by atoms with Crippen molar-refractivity contribution >= 4 is 11.6 Å². The van der Waals surface area contributed by atoms with Gasteiger partial charge in [0.15, 0.2) is 0 Å². The Kier molecular flexibility index (Phi) is 4.29. The van der Waals surface area contributed by atoms with Crippen molar-refractivity contribution < 1.29 is 19.2 Å². The number of nitrogens with one attached hydrogen (secondary N) is 1. The first-order chi connectivity index (χ1) is 9.52. The first-order valence-electron chi connectivity index (χ1n) is 6.38. The number of nitro groups is 1. The zero-order valence-corrected chi connectivity index (χ0v) is 10.7. The Morgan fingerprint density at radius 1 is 1.50 bits per heavy atom. The smallest absolute Gasteiger partial charge is 0.305 e. The van der Waals surface area contributed by atoms with Gasteiger partial charge in [-0.1, -0.05) is 6.42 Å². The minimum absolute atomic E-state index is 0.00544. The molecule has 0 saturated heterocycles. The van der Waals surface area contributed by atoms with Crippen LogP contribution < -0.4 is 5.32 Å². The summed E-state index contributed by atoms with van der Waals surface area (Å²) in [6.45, 7) is -0.00544. The molecule has 0 radical (unpaired) electrons. The Hall–Kier alpha value is -2.02. The summed E-state index contributed by atoms with van der Waals surface area (Å²) in [5.41, 5.74) is -0.676. The molecule has 0 spiro atoms. The van der Waals surface area contributed by atoms with Gasteiger partial charge in [0.1, 0.15) is 0 Å². The zero-order chi connectivity index (χ0) is 14.7. The molecule has 1 aromatic carbocycles. The third-order valence-corrected chi connectivity index (χ3v) is 3.62. The topological polar surface area (TPSA) is 92.5 Å². The van der Waals surface area contributed by atoms with Crippen molar-refractivity contribution in [3.8, 4) is 0 Å². The highest BCUT2D eigenvalue weighted by atomic mass is 19.1. The lowest BCUT2D eigenvalue weighted by Crippen LogP contribution is -2.38. The van der Waals surface area contributed by atoms with Crippen LogP contribution in [-0.2, 0) is 0 Å². The molecule has 2 rings (SSSR count). The zero-order valence-electron chi connectivity index (χ0n) is 10.7. The van der Waals surface area contributed by atoms with E-state index in [1.54, 1.807) is 0 Å². The first-order valence-corrected chi connectivity index (χ1v) is 6.38. The van der Waals surface area contributed by atoms with Crippen LogP contribution in [0.3, 0.4) is 0 Å². The molecule has 2 atom stereocenters. The maximum absolute atomic E-state index is 13.2. The molecule has 1 aliphatic carbocycles. The Bertz CT molecular complexity index is 535. The number of amides is 1. The second-order valence-corrected chi connectivity index (χ2v) is 4.88. The predicted molar refractivity (Wildman–Crippen MR) is 68.7 cm³/mol. The van der Waals surface area contributed by atoms with Gasteiger partial charge in [0.2, 0.25) is 5.82 Å². The average molecular weight is 282 g/mol. The summed E-state index contributed by atoms with van der Waals surface area (Å²) < 4.78 is 13.2.